The fourth-order valence-corrected chi connectivity index (χ4v) is 1.62. The number of nitrogens with one attached hydrogen (secondary N) is 1. The predicted molar refractivity (Wildman–Crippen MR) is 72.8 cm³/mol. The van der Waals surface area contributed by atoms with Gasteiger partial charge in [0.2, 0.25) is 0 Å². The average Bonchev–Trinajstić information content (AvgIpc) is 2.41. The Morgan fingerprint density at radius 3 is 2.61 bits per heavy atom. The molecule has 0 heterocycles. The van der Waals surface area contributed by atoms with E-state index in [4.69, 9.17) is 10.6 Å². The van der Waals surface area contributed by atoms with Gasteiger partial charge in [0.15, 0.2) is 0 Å². The summed E-state index contributed by atoms with van der Waals surface area (Å²) < 4.78 is 0. The molecular weight excluding hydrogens is 228 g/mol. The normalized spacial score (nSPS) is 11.3. The van der Waals surface area contributed by atoms with Crippen molar-refractivity contribution in [2.45, 2.75) is 0 Å². The Labute approximate surface area is 105 Å². The number of aromatic hydroxyl groups is 1. The first-order valence-corrected chi connectivity index (χ1v) is 5.48. The number of anilines is 1. The van der Waals surface area contributed by atoms with Gasteiger partial charge in [-0.1, -0.05) is 24.3 Å². The van der Waals surface area contributed by atoms with E-state index in [0.717, 1.165) is 16.5 Å². The van der Waals surface area contributed by atoms with Crippen molar-refractivity contribution in [3.8, 4) is 5.75 Å². The van der Waals surface area contributed by atoms with E-state index in [0.29, 0.717) is 0 Å². The third-order valence-corrected chi connectivity index (χ3v) is 2.44. The minimum atomic E-state index is 0.248. The molecule has 0 fully saturated rings. The van der Waals surface area contributed by atoms with Crippen molar-refractivity contribution in [1.82, 2.24) is 0 Å². The van der Waals surface area contributed by atoms with E-state index in [2.05, 4.69) is 5.48 Å². The van der Waals surface area contributed by atoms with Crippen molar-refractivity contribution in [3.05, 3.63) is 61.0 Å². The molecule has 0 saturated heterocycles. The zero-order chi connectivity index (χ0) is 12.8. The lowest BCUT2D eigenvalue weighted by Gasteiger charge is -2.09. The fraction of sp³-hybridized carbons (Fsp3) is 0. The quantitative estimate of drug-likeness (QED) is 0.334. The summed E-state index contributed by atoms with van der Waals surface area (Å²) in [5.41, 5.74) is 8.76. The van der Waals surface area contributed by atoms with Crippen LogP contribution in [-0.2, 0) is 4.84 Å². The van der Waals surface area contributed by atoms with Crippen molar-refractivity contribution >= 4 is 16.5 Å². The summed E-state index contributed by atoms with van der Waals surface area (Å²) in [5.74, 6) is 0.248. The third-order valence-electron chi connectivity index (χ3n) is 2.44. The van der Waals surface area contributed by atoms with Crippen molar-refractivity contribution in [3.63, 3.8) is 0 Å². The van der Waals surface area contributed by atoms with Crippen molar-refractivity contribution < 1.29 is 9.94 Å². The van der Waals surface area contributed by atoms with Crippen LogP contribution in [0.15, 0.2) is 61.0 Å². The summed E-state index contributed by atoms with van der Waals surface area (Å²) in [6.45, 7) is 0. The van der Waals surface area contributed by atoms with Crippen molar-refractivity contribution in [1.29, 1.82) is 0 Å². The highest BCUT2D eigenvalue weighted by molar-refractivity contribution is 5.97. The topological polar surface area (TPSA) is 67.5 Å². The third kappa shape index (κ3) is 2.55. The molecule has 0 saturated carbocycles. The van der Waals surface area contributed by atoms with E-state index in [9.17, 15) is 5.11 Å². The molecule has 0 aliphatic heterocycles. The SMILES string of the molecule is N/C=C\C=C\ONc1ccc(O)c2ccccc12. The predicted octanol–water partition coefficient (Wildman–Crippen LogP) is 2.88. The Morgan fingerprint density at radius 1 is 1.06 bits per heavy atom. The van der Waals surface area contributed by atoms with Crippen LogP contribution in [0.2, 0.25) is 0 Å². The number of hydrogen-bond donors (Lipinski definition) is 3. The molecule has 0 aliphatic carbocycles. The zero-order valence-corrected chi connectivity index (χ0v) is 9.71. The number of benzene rings is 2. The zero-order valence-electron chi connectivity index (χ0n) is 9.71. The standard InChI is InChI=1S/C14H14N2O2/c15-9-3-4-10-18-16-13-7-8-14(17)12-6-2-1-5-11(12)13/h1-10,16-17H,15H2/b9-3-,10-4+. The molecule has 0 aliphatic rings. The van der Waals surface area contributed by atoms with Gasteiger partial charge in [0.05, 0.1) is 5.69 Å². The van der Waals surface area contributed by atoms with Gasteiger partial charge in [0.25, 0.3) is 0 Å². The number of hydrogen-bond acceptors (Lipinski definition) is 4. The number of phenols is 1. The van der Waals surface area contributed by atoms with Crippen LogP contribution in [0, 0.1) is 0 Å². The Morgan fingerprint density at radius 2 is 1.83 bits per heavy atom. The Kier molecular flexibility index (Phi) is 3.71. The van der Waals surface area contributed by atoms with Gasteiger partial charge in [0, 0.05) is 10.8 Å². The van der Waals surface area contributed by atoms with Crippen molar-refractivity contribution in [2.75, 3.05) is 5.48 Å². The van der Waals surface area contributed by atoms with E-state index >= 15 is 0 Å². The monoisotopic (exact) mass is 242 g/mol. The van der Waals surface area contributed by atoms with Gasteiger partial charge in [0.1, 0.15) is 12.0 Å². The number of fused-ring (bicyclic) bond motifs is 1. The largest absolute Gasteiger partial charge is 0.507 e. The number of rotatable bonds is 4. The lowest BCUT2D eigenvalue weighted by atomic mass is 10.1. The molecule has 2 aromatic rings. The summed E-state index contributed by atoms with van der Waals surface area (Å²) >= 11 is 0. The first-order valence-electron chi connectivity index (χ1n) is 5.48. The molecule has 18 heavy (non-hydrogen) atoms. The summed E-state index contributed by atoms with van der Waals surface area (Å²) in [6, 6.07) is 10.9. The van der Waals surface area contributed by atoms with Crippen LogP contribution in [0.1, 0.15) is 0 Å². The summed E-state index contributed by atoms with van der Waals surface area (Å²) in [7, 11) is 0. The molecule has 0 unspecified atom stereocenters. The van der Waals surface area contributed by atoms with E-state index in [1.165, 1.54) is 12.5 Å². The highest BCUT2D eigenvalue weighted by atomic mass is 16.6. The number of allylic oxidation sites excluding steroid dienone is 2. The van der Waals surface area contributed by atoms with Crippen LogP contribution in [0.4, 0.5) is 5.69 Å². The summed E-state index contributed by atoms with van der Waals surface area (Å²) in [6.07, 6.45) is 6.20. The number of phenolic OH excluding ortho intramolecular Hbond substituents is 1. The van der Waals surface area contributed by atoms with Crippen LogP contribution in [-0.4, -0.2) is 5.11 Å². The van der Waals surface area contributed by atoms with Gasteiger partial charge >= 0.3 is 0 Å². The van der Waals surface area contributed by atoms with Crippen LogP contribution >= 0.6 is 0 Å². The fourth-order valence-electron chi connectivity index (χ4n) is 1.62. The molecule has 4 heteroatoms. The second kappa shape index (κ2) is 5.63. The summed E-state index contributed by atoms with van der Waals surface area (Å²) in [4.78, 5) is 5.15. The molecule has 0 amide bonds. The maximum absolute atomic E-state index is 9.73. The van der Waals surface area contributed by atoms with Gasteiger partial charge in [-0.15, -0.1) is 0 Å². The van der Waals surface area contributed by atoms with Crippen LogP contribution in [0.5, 0.6) is 5.75 Å². The lowest BCUT2D eigenvalue weighted by Crippen LogP contribution is -1.95. The van der Waals surface area contributed by atoms with Gasteiger partial charge < -0.3 is 15.7 Å². The first kappa shape index (κ1) is 11.9. The second-order valence-electron chi connectivity index (χ2n) is 3.61. The molecule has 2 rings (SSSR count). The van der Waals surface area contributed by atoms with Crippen molar-refractivity contribution in [2.24, 2.45) is 5.73 Å². The molecule has 0 atom stereocenters. The van der Waals surface area contributed by atoms with Gasteiger partial charge in [-0.25, -0.2) is 5.48 Å². The van der Waals surface area contributed by atoms with E-state index < -0.39 is 0 Å². The number of nitrogens with two attached hydrogens (primary N) is 1. The van der Waals surface area contributed by atoms with Gasteiger partial charge in [-0.05, 0) is 30.5 Å². The smallest absolute Gasteiger partial charge is 0.123 e. The summed E-state index contributed by atoms with van der Waals surface area (Å²) in [5, 5.41) is 11.4. The molecule has 4 nitrogen and oxygen atoms in total. The average molecular weight is 242 g/mol. The Balaban J connectivity index is 2.21. The molecule has 92 valence electrons. The van der Waals surface area contributed by atoms with Gasteiger partial charge in [-0.3, -0.25) is 0 Å². The van der Waals surface area contributed by atoms with E-state index in [1.54, 1.807) is 24.3 Å². The van der Waals surface area contributed by atoms with Gasteiger partial charge in [-0.2, -0.15) is 0 Å². The molecular formula is C14H14N2O2. The molecule has 0 radical (unpaired) electrons. The van der Waals surface area contributed by atoms with E-state index in [1.807, 2.05) is 24.3 Å². The molecule has 0 aromatic heterocycles. The van der Waals surface area contributed by atoms with Crippen LogP contribution in [0.3, 0.4) is 0 Å². The highest BCUT2D eigenvalue weighted by Crippen LogP contribution is 2.30. The molecule has 0 bridgehead atoms. The second-order valence-corrected chi connectivity index (χ2v) is 3.61. The minimum absolute atomic E-state index is 0.248. The van der Waals surface area contributed by atoms with Crippen LogP contribution in [0.25, 0.3) is 10.8 Å². The first-order chi connectivity index (χ1) is 8.83. The molecule has 2 aromatic carbocycles. The maximum atomic E-state index is 9.73. The Hall–Kier alpha value is -2.62. The lowest BCUT2D eigenvalue weighted by molar-refractivity contribution is 0.330. The maximum Gasteiger partial charge on any atom is 0.123 e. The Bertz CT molecular complexity index is 591. The molecule has 4 N–H and O–H groups in total. The minimum Gasteiger partial charge on any atom is -0.507 e. The van der Waals surface area contributed by atoms with E-state index in [-0.39, 0.29) is 5.75 Å². The highest BCUT2D eigenvalue weighted by Gasteiger charge is 2.03. The molecule has 0 spiro atoms. The van der Waals surface area contributed by atoms with Crippen LogP contribution < -0.4 is 11.2 Å².